The molecule has 0 spiro atoms. The van der Waals surface area contributed by atoms with Gasteiger partial charge < -0.3 is 5.32 Å². The van der Waals surface area contributed by atoms with E-state index in [-0.39, 0.29) is 0 Å². The summed E-state index contributed by atoms with van der Waals surface area (Å²) in [4.78, 5) is 0.321. The van der Waals surface area contributed by atoms with Gasteiger partial charge in [0.05, 0.1) is 4.90 Å². The number of hydrogen-bond acceptors (Lipinski definition) is 3. The van der Waals surface area contributed by atoms with Crippen molar-refractivity contribution in [3.63, 3.8) is 0 Å². The smallest absolute Gasteiger partial charge is 0.240 e. The Kier molecular flexibility index (Phi) is 5.78. The second-order valence-corrected chi connectivity index (χ2v) is 7.07. The van der Waals surface area contributed by atoms with Gasteiger partial charge in [0.15, 0.2) is 0 Å². The summed E-state index contributed by atoms with van der Waals surface area (Å²) in [7, 11) is -3.43. The standard InChI is InChI=1S/C12H19BrN2O2S/c1-9(2)14-6-7-15-18(16,17)12-8-11(13)5-4-10(12)3/h4-5,8-9,14-15H,6-7H2,1-3H3. The van der Waals surface area contributed by atoms with Crippen LogP contribution < -0.4 is 10.0 Å². The lowest BCUT2D eigenvalue weighted by Gasteiger charge is -2.11. The van der Waals surface area contributed by atoms with Crippen molar-refractivity contribution in [3.8, 4) is 0 Å². The molecular weight excluding hydrogens is 316 g/mol. The first-order chi connectivity index (χ1) is 8.33. The average Bonchev–Trinajstić information content (AvgIpc) is 2.27. The molecule has 0 aromatic heterocycles. The molecule has 0 bridgehead atoms. The van der Waals surface area contributed by atoms with Crippen molar-refractivity contribution in [2.45, 2.75) is 31.7 Å². The van der Waals surface area contributed by atoms with E-state index in [2.05, 4.69) is 26.0 Å². The maximum atomic E-state index is 12.1. The Balaban J connectivity index is 2.71. The Labute approximate surface area is 117 Å². The van der Waals surface area contributed by atoms with Gasteiger partial charge in [-0.1, -0.05) is 35.8 Å². The summed E-state index contributed by atoms with van der Waals surface area (Å²) < 4.78 is 27.5. The molecule has 1 aromatic carbocycles. The Morgan fingerprint density at radius 1 is 1.28 bits per heavy atom. The average molecular weight is 335 g/mol. The Morgan fingerprint density at radius 3 is 2.56 bits per heavy atom. The van der Waals surface area contributed by atoms with Gasteiger partial charge in [0, 0.05) is 23.6 Å². The molecule has 0 unspecified atom stereocenters. The number of aryl methyl sites for hydroxylation is 1. The number of nitrogens with one attached hydrogen (secondary N) is 2. The summed E-state index contributed by atoms with van der Waals surface area (Å²) in [5.41, 5.74) is 0.738. The van der Waals surface area contributed by atoms with E-state index in [0.29, 0.717) is 24.0 Å². The van der Waals surface area contributed by atoms with E-state index < -0.39 is 10.0 Å². The van der Waals surface area contributed by atoms with Crippen molar-refractivity contribution in [2.75, 3.05) is 13.1 Å². The van der Waals surface area contributed by atoms with Gasteiger partial charge in [0.1, 0.15) is 0 Å². The zero-order valence-electron chi connectivity index (χ0n) is 10.8. The lowest BCUT2D eigenvalue weighted by Crippen LogP contribution is -2.34. The van der Waals surface area contributed by atoms with Gasteiger partial charge in [-0.2, -0.15) is 0 Å². The van der Waals surface area contributed by atoms with Crippen LogP contribution in [0.2, 0.25) is 0 Å². The third-order valence-electron chi connectivity index (χ3n) is 2.41. The second-order valence-electron chi connectivity index (χ2n) is 4.42. The fourth-order valence-electron chi connectivity index (χ4n) is 1.49. The van der Waals surface area contributed by atoms with Gasteiger partial charge in [0.2, 0.25) is 10.0 Å². The van der Waals surface area contributed by atoms with Gasteiger partial charge in [-0.05, 0) is 24.6 Å². The molecule has 0 fully saturated rings. The van der Waals surface area contributed by atoms with Crippen LogP contribution in [0, 0.1) is 6.92 Å². The number of rotatable bonds is 6. The molecule has 0 aliphatic rings. The molecule has 18 heavy (non-hydrogen) atoms. The van der Waals surface area contributed by atoms with Crippen LogP contribution in [0.1, 0.15) is 19.4 Å². The predicted octanol–water partition coefficient (Wildman–Crippen LogP) is 2.03. The summed E-state index contributed by atoms with van der Waals surface area (Å²) in [5, 5.41) is 3.16. The van der Waals surface area contributed by atoms with Gasteiger partial charge in [0.25, 0.3) is 0 Å². The van der Waals surface area contributed by atoms with Crippen molar-refractivity contribution in [3.05, 3.63) is 28.2 Å². The summed E-state index contributed by atoms with van der Waals surface area (Å²) in [6, 6.07) is 5.58. The third kappa shape index (κ3) is 4.68. The lowest BCUT2D eigenvalue weighted by atomic mass is 10.2. The van der Waals surface area contributed by atoms with Crippen LogP contribution in [-0.4, -0.2) is 27.5 Å². The molecule has 0 heterocycles. The van der Waals surface area contributed by atoms with E-state index >= 15 is 0 Å². The van der Waals surface area contributed by atoms with E-state index in [0.717, 1.165) is 10.0 Å². The van der Waals surface area contributed by atoms with Crippen LogP contribution in [0.15, 0.2) is 27.6 Å². The van der Waals surface area contributed by atoms with Gasteiger partial charge >= 0.3 is 0 Å². The summed E-state index contributed by atoms with van der Waals surface area (Å²) in [6.07, 6.45) is 0. The first-order valence-corrected chi connectivity index (χ1v) is 8.10. The molecule has 6 heteroatoms. The minimum Gasteiger partial charge on any atom is -0.313 e. The highest BCUT2D eigenvalue weighted by Gasteiger charge is 2.16. The van der Waals surface area contributed by atoms with E-state index in [4.69, 9.17) is 0 Å². The Bertz CT molecular complexity index is 501. The summed E-state index contributed by atoms with van der Waals surface area (Å²) >= 11 is 3.29. The van der Waals surface area contributed by atoms with Crippen molar-refractivity contribution < 1.29 is 8.42 Å². The first-order valence-electron chi connectivity index (χ1n) is 5.82. The van der Waals surface area contributed by atoms with Crippen LogP contribution in [0.5, 0.6) is 0 Å². The largest absolute Gasteiger partial charge is 0.313 e. The molecule has 2 N–H and O–H groups in total. The number of sulfonamides is 1. The molecular formula is C12H19BrN2O2S. The summed E-state index contributed by atoms with van der Waals surface area (Å²) in [6.45, 7) is 6.82. The van der Waals surface area contributed by atoms with Crippen molar-refractivity contribution in [1.82, 2.24) is 10.0 Å². The zero-order chi connectivity index (χ0) is 13.8. The molecule has 0 aliphatic carbocycles. The SMILES string of the molecule is Cc1ccc(Br)cc1S(=O)(=O)NCCNC(C)C. The van der Waals surface area contributed by atoms with Crippen LogP contribution >= 0.6 is 15.9 Å². The molecule has 102 valence electrons. The number of hydrogen-bond donors (Lipinski definition) is 2. The highest BCUT2D eigenvalue weighted by molar-refractivity contribution is 9.10. The summed E-state index contributed by atoms with van der Waals surface area (Å²) in [5.74, 6) is 0. The molecule has 4 nitrogen and oxygen atoms in total. The highest BCUT2D eigenvalue weighted by Crippen LogP contribution is 2.20. The van der Waals surface area contributed by atoms with Gasteiger partial charge in [-0.3, -0.25) is 0 Å². The predicted molar refractivity (Wildman–Crippen MR) is 77.2 cm³/mol. The molecule has 0 aliphatic heterocycles. The highest BCUT2D eigenvalue weighted by atomic mass is 79.9. The number of halogens is 1. The van der Waals surface area contributed by atoms with Gasteiger partial charge in [-0.25, -0.2) is 13.1 Å². The van der Waals surface area contributed by atoms with Crippen molar-refractivity contribution in [2.24, 2.45) is 0 Å². The van der Waals surface area contributed by atoms with E-state index in [9.17, 15) is 8.42 Å². The monoisotopic (exact) mass is 334 g/mol. The van der Waals surface area contributed by atoms with E-state index in [1.807, 2.05) is 19.9 Å². The van der Waals surface area contributed by atoms with Crippen molar-refractivity contribution >= 4 is 26.0 Å². The normalized spacial score (nSPS) is 12.1. The van der Waals surface area contributed by atoms with Crippen molar-refractivity contribution in [1.29, 1.82) is 0 Å². The molecule has 0 saturated carbocycles. The molecule has 1 rings (SSSR count). The van der Waals surface area contributed by atoms with E-state index in [1.165, 1.54) is 0 Å². The lowest BCUT2D eigenvalue weighted by molar-refractivity contribution is 0.559. The van der Waals surface area contributed by atoms with E-state index in [1.54, 1.807) is 19.1 Å². The Hall–Kier alpha value is -0.430. The fraction of sp³-hybridized carbons (Fsp3) is 0.500. The maximum absolute atomic E-state index is 12.1. The first kappa shape index (κ1) is 15.6. The molecule has 0 saturated heterocycles. The maximum Gasteiger partial charge on any atom is 0.240 e. The molecule has 1 aromatic rings. The minimum atomic E-state index is -3.43. The van der Waals surface area contributed by atoms with Crippen LogP contribution in [0.25, 0.3) is 0 Å². The minimum absolute atomic E-state index is 0.321. The molecule has 0 amide bonds. The topological polar surface area (TPSA) is 58.2 Å². The zero-order valence-corrected chi connectivity index (χ0v) is 13.2. The van der Waals surface area contributed by atoms with Crippen LogP contribution in [0.4, 0.5) is 0 Å². The molecule has 0 radical (unpaired) electrons. The van der Waals surface area contributed by atoms with Gasteiger partial charge in [-0.15, -0.1) is 0 Å². The van der Waals surface area contributed by atoms with Crippen LogP contribution in [-0.2, 0) is 10.0 Å². The number of benzene rings is 1. The fourth-order valence-corrected chi connectivity index (χ4v) is 3.30. The molecule has 0 atom stereocenters. The Morgan fingerprint density at radius 2 is 1.94 bits per heavy atom. The second kappa shape index (κ2) is 6.65. The van der Waals surface area contributed by atoms with Crippen LogP contribution in [0.3, 0.4) is 0 Å². The quantitative estimate of drug-likeness (QED) is 0.782. The third-order valence-corrected chi connectivity index (χ3v) is 4.51.